The molecule has 2 heterocycles. The van der Waals surface area contributed by atoms with Gasteiger partial charge in [0, 0.05) is 34.4 Å². The third-order valence-electron chi connectivity index (χ3n) is 7.41. The van der Waals surface area contributed by atoms with Gasteiger partial charge in [-0.3, -0.25) is 0 Å². The predicted molar refractivity (Wildman–Crippen MR) is 156 cm³/mol. The van der Waals surface area contributed by atoms with E-state index >= 15 is 0 Å². The standard InChI is InChI=1S/C33H29BrN2O2/c1-36(22-23-9-4-2-5-10-23)18-17-33(37)26-13-8-14-28(21-26)38-32-29(31(33)24-11-6-3-7-12-24)20-25-19-27(34)15-16-30(25)35-32/h2-16,19-21,31,37H,17-18,22H2,1H3. The van der Waals surface area contributed by atoms with E-state index in [0.29, 0.717) is 24.6 Å². The normalized spacial score (nSPS) is 18.5. The van der Waals surface area contributed by atoms with E-state index < -0.39 is 5.60 Å². The Morgan fingerprint density at radius 2 is 1.66 bits per heavy atom. The van der Waals surface area contributed by atoms with Crippen LogP contribution in [0.15, 0.2) is 114 Å². The van der Waals surface area contributed by atoms with Gasteiger partial charge in [-0.1, -0.05) is 88.7 Å². The molecule has 0 aliphatic carbocycles. The van der Waals surface area contributed by atoms with Crippen molar-refractivity contribution in [3.8, 4) is 11.6 Å². The van der Waals surface area contributed by atoms with Crippen LogP contribution in [0.25, 0.3) is 10.9 Å². The van der Waals surface area contributed by atoms with Gasteiger partial charge in [0.1, 0.15) is 11.4 Å². The summed E-state index contributed by atoms with van der Waals surface area (Å²) in [6, 6.07) is 36.7. The van der Waals surface area contributed by atoms with E-state index in [0.717, 1.165) is 38.6 Å². The first-order valence-electron chi connectivity index (χ1n) is 12.9. The van der Waals surface area contributed by atoms with Gasteiger partial charge >= 0.3 is 0 Å². The number of aliphatic hydroxyl groups is 1. The van der Waals surface area contributed by atoms with Crippen LogP contribution in [-0.4, -0.2) is 28.6 Å². The molecule has 190 valence electrons. The molecule has 0 fully saturated rings. The Morgan fingerprint density at radius 1 is 0.895 bits per heavy atom. The summed E-state index contributed by atoms with van der Waals surface area (Å²) < 4.78 is 7.37. The lowest BCUT2D eigenvalue weighted by atomic mass is 9.71. The van der Waals surface area contributed by atoms with E-state index in [4.69, 9.17) is 9.72 Å². The van der Waals surface area contributed by atoms with Crippen LogP contribution < -0.4 is 4.74 Å². The van der Waals surface area contributed by atoms with Crippen molar-refractivity contribution in [1.29, 1.82) is 0 Å². The Balaban J connectivity index is 1.49. The molecule has 0 radical (unpaired) electrons. The summed E-state index contributed by atoms with van der Waals surface area (Å²) in [6.45, 7) is 1.52. The van der Waals surface area contributed by atoms with E-state index in [1.54, 1.807) is 0 Å². The van der Waals surface area contributed by atoms with Crippen molar-refractivity contribution in [1.82, 2.24) is 9.88 Å². The van der Waals surface area contributed by atoms with Gasteiger partial charge in [0.25, 0.3) is 0 Å². The minimum atomic E-state index is -1.19. The SMILES string of the molecule is CN(CCC1(O)c2cccc(c2)Oc2nc3ccc(Br)cc3cc2C1c1ccccc1)Cc1ccccc1. The molecule has 2 atom stereocenters. The second kappa shape index (κ2) is 10.3. The number of hydrogen-bond acceptors (Lipinski definition) is 4. The molecule has 0 saturated heterocycles. The molecule has 0 amide bonds. The zero-order valence-corrected chi connectivity index (χ0v) is 22.8. The average molecular weight is 566 g/mol. The molecule has 1 aliphatic heterocycles. The first-order chi connectivity index (χ1) is 18.5. The van der Waals surface area contributed by atoms with Crippen LogP contribution in [0.5, 0.6) is 11.6 Å². The Hall–Kier alpha value is -3.51. The van der Waals surface area contributed by atoms with E-state index in [2.05, 4.69) is 76.4 Å². The van der Waals surface area contributed by atoms with Crippen LogP contribution in [0.3, 0.4) is 0 Å². The number of rotatable bonds is 6. The number of aromatic nitrogens is 1. The highest BCUT2D eigenvalue weighted by Gasteiger charge is 2.43. The molecule has 2 bridgehead atoms. The van der Waals surface area contributed by atoms with Crippen LogP contribution in [0.1, 0.15) is 34.6 Å². The first-order valence-corrected chi connectivity index (χ1v) is 13.7. The molecular weight excluding hydrogens is 536 g/mol. The van der Waals surface area contributed by atoms with E-state index in [1.165, 1.54) is 5.56 Å². The fourth-order valence-electron chi connectivity index (χ4n) is 5.52. The van der Waals surface area contributed by atoms with E-state index in [9.17, 15) is 5.11 Å². The van der Waals surface area contributed by atoms with E-state index in [-0.39, 0.29) is 5.92 Å². The van der Waals surface area contributed by atoms with Crippen LogP contribution >= 0.6 is 15.9 Å². The Kier molecular flexibility index (Phi) is 6.75. The average Bonchev–Trinajstić information content (AvgIpc) is 2.93. The van der Waals surface area contributed by atoms with Crippen LogP contribution in [0, 0.1) is 0 Å². The molecule has 1 aromatic heterocycles. The summed E-state index contributed by atoms with van der Waals surface area (Å²) in [6.07, 6.45) is 0.537. The second-order valence-electron chi connectivity index (χ2n) is 10.1. The van der Waals surface area contributed by atoms with Gasteiger partial charge in [0.2, 0.25) is 5.88 Å². The minimum Gasteiger partial charge on any atom is -0.439 e. The topological polar surface area (TPSA) is 45.6 Å². The maximum Gasteiger partial charge on any atom is 0.223 e. The largest absolute Gasteiger partial charge is 0.439 e. The zero-order chi connectivity index (χ0) is 26.1. The molecule has 2 unspecified atom stereocenters. The lowest BCUT2D eigenvalue weighted by Gasteiger charge is -2.40. The predicted octanol–water partition coefficient (Wildman–Crippen LogP) is 7.64. The molecule has 38 heavy (non-hydrogen) atoms. The van der Waals surface area contributed by atoms with Crippen molar-refractivity contribution < 1.29 is 9.84 Å². The second-order valence-corrected chi connectivity index (χ2v) is 11.0. The maximum atomic E-state index is 12.8. The maximum absolute atomic E-state index is 12.8. The van der Waals surface area contributed by atoms with Gasteiger partial charge in [-0.15, -0.1) is 0 Å². The number of benzene rings is 4. The number of hydrogen-bond donors (Lipinski definition) is 1. The van der Waals surface area contributed by atoms with Crippen molar-refractivity contribution in [2.45, 2.75) is 24.5 Å². The van der Waals surface area contributed by atoms with E-state index in [1.807, 2.05) is 60.7 Å². The van der Waals surface area contributed by atoms with Crippen LogP contribution in [0.4, 0.5) is 0 Å². The number of pyridine rings is 1. The fraction of sp³-hybridized carbons (Fsp3) is 0.182. The van der Waals surface area contributed by atoms with Crippen molar-refractivity contribution in [3.63, 3.8) is 0 Å². The summed E-state index contributed by atoms with van der Waals surface area (Å²) in [4.78, 5) is 7.21. The fourth-order valence-corrected chi connectivity index (χ4v) is 5.90. The Labute approximate surface area is 231 Å². The molecule has 0 spiro atoms. The summed E-state index contributed by atoms with van der Waals surface area (Å²) in [7, 11) is 2.11. The number of nitrogens with zero attached hydrogens (tertiary/aromatic N) is 2. The zero-order valence-electron chi connectivity index (χ0n) is 21.2. The summed E-state index contributed by atoms with van der Waals surface area (Å²) in [5.74, 6) is 0.826. The van der Waals surface area contributed by atoms with Gasteiger partial charge < -0.3 is 14.7 Å². The molecule has 5 heteroatoms. The quantitative estimate of drug-likeness (QED) is 0.230. The highest BCUT2D eigenvalue weighted by molar-refractivity contribution is 9.10. The van der Waals surface area contributed by atoms with Crippen molar-refractivity contribution in [2.24, 2.45) is 0 Å². The van der Waals surface area contributed by atoms with Gasteiger partial charge in [0.15, 0.2) is 0 Å². The van der Waals surface area contributed by atoms with Crippen molar-refractivity contribution >= 4 is 26.8 Å². The summed E-state index contributed by atoms with van der Waals surface area (Å²) in [5.41, 5.74) is 3.65. The van der Waals surface area contributed by atoms with Crippen LogP contribution in [0.2, 0.25) is 0 Å². The monoisotopic (exact) mass is 564 g/mol. The molecule has 1 N–H and O–H groups in total. The van der Waals surface area contributed by atoms with Gasteiger partial charge in [0.05, 0.1) is 5.52 Å². The van der Waals surface area contributed by atoms with Crippen LogP contribution in [-0.2, 0) is 12.1 Å². The smallest absolute Gasteiger partial charge is 0.223 e. The highest BCUT2D eigenvalue weighted by Crippen LogP contribution is 2.50. The molecule has 5 aromatic rings. The van der Waals surface area contributed by atoms with Gasteiger partial charge in [-0.25, -0.2) is 4.98 Å². The lowest BCUT2D eigenvalue weighted by molar-refractivity contribution is 0.000885. The summed E-state index contributed by atoms with van der Waals surface area (Å²) in [5, 5.41) is 13.8. The molecular formula is C33H29BrN2O2. The number of halogens is 1. The third kappa shape index (κ3) is 4.85. The van der Waals surface area contributed by atoms with Gasteiger partial charge in [-0.2, -0.15) is 0 Å². The highest BCUT2D eigenvalue weighted by atomic mass is 79.9. The summed E-state index contributed by atoms with van der Waals surface area (Å²) >= 11 is 3.60. The Bertz CT molecular complexity index is 1570. The molecule has 4 aromatic carbocycles. The lowest BCUT2D eigenvalue weighted by Crippen LogP contribution is -2.38. The molecule has 0 saturated carbocycles. The number of fused-ring (bicyclic) bond motifs is 4. The molecule has 4 nitrogen and oxygen atoms in total. The number of ether oxygens (including phenoxy) is 1. The van der Waals surface area contributed by atoms with Crippen molar-refractivity contribution in [2.75, 3.05) is 13.6 Å². The van der Waals surface area contributed by atoms with Gasteiger partial charge in [-0.05, 0) is 66.6 Å². The Morgan fingerprint density at radius 3 is 2.45 bits per heavy atom. The molecule has 6 rings (SSSR count). The van der Waals surface area contributed by atoms with Crippen molar-refractivity contribution in [3.05, 3.63) is 136 Å². The third-order valence-corrected chi connectivity index (χ3v) is 7.90. The minimum absolute atomic E-state index is 0.379. The first kappa shape index (κ1) is 24.8. The molecule has 1 aliphatic rings.